The second-order valence-electron chi connectivity index (χ2n) is 5.24. The van der Waals surface area contributed by atoms with E-state index in [0.717, 1.165) is 12.1 Å². The lowest BCUT2D eigenvalue weighted by atomic mass is 10.0. The van der Waals surface area contributed by atoms with Crippen LogP contribution in [0.25, 0.3) is 11.3 Å². The molecule has 0 bridgehead atoms. The summed E-state index contributed by atoms with van der Waals surface area (Å²) >= 11 is 0. The van der Waals surface area contributed by atoms with Crippen LogP contribution in [-0.2, 0) is 10.9 Å². The fraction of sp³-hybridized carbons (Fsp3) is 0.333. The van der Waals surface area contributed by atoms with Gasteiger partial charge in [0.2, 0.25) is 0 Å². The van der Waals surface area contributed by atoms with E-state index in [2.05, 4.69) is 9.72 Å². The first-order valence-electron chi connectivity index (χ1n) is 7.56. The number of aldehydes is 1. The minimum absolute atomic E-state index is 0.0288. The number of aromatic nitrogens is 1. The summed E-state index contributed by atoms with van der Waals surface area (Å²) in [6.45, 7) is 1.24. The van der Waals surface area contributed by atoms with E-state index in [4.69, 9.17) is 9.84 Å². The Labute approximate surface area is 149 Å². The molecule has 2 aromatic rings. The fourth-order valence-corrected chi connectivity index (χ4v) is 1.98. The van der Waals surface area contributed by atoms with Gasteiger partial charge in [-0.1, -0.05) is 6.07 Å². The average Bonchev–Trinajstić information content (AvgIpc) is 2.60. The van der Waals surface area contributed by atoms with E-state index in [0.29, 0.717) is 11.8 Å². The lowest BCUT2D eigenvalue weighted by Crippen LogP contribution is -2.08. The number of aliphatic hydroxyl groups excluding tert-OH is 1. The molecule has 0 amide bonds. The summed E-state index contributed by atoms with van der Waals surface area (Å²) in [5, 5.41) is 8.74. The fourth-order valence-electron chi connectivity index (χ4n) is 1.98. The van der Waals surface area contributed by atoms with Crippen LogP contribution in [-0.4, -0.2) is 43.8 Å². The van der Waals surface area contributed by atoms with E-state index in [1.54, 1.807) is 27.2 Å². The number of pyridine rings is 1. The molecule has 8 heteroatoms. The Hall–Kier alpha value is -2.45. The molecule has 0 atom stereocenters. The topological polar surface area (TPSA) is 68.7 Å². The minimum Gasteiger partial charge on any atom is -0.491 e. The van der Waals surface area contributed by atoms with Crippen LogP contribution in [0.1, 0.15) is 21.6 Å². The van der Waals surface area contributed by atoms with Gasteiger partial charge in [0.05, 0.1) is 17.9 Å². The van der Waals surface area contributed by atoms with Crippen LogP contribution in [0.5, 0.6) is 5.75 Å². The van der Waals surface area contributed by atoms with Crippen molar-refractivity contribution in [1.82, 2.24) is 4.98 Å². The quantitative estimate of drug-likeness (QED) is 0.815. The summed E-state index contributed by atoms with van der Waals surface area (Å²) in [4.78, 5) is 15.0. The van der Waals surface area contributed by atoms with E-state index in [9.17, 15) is 18.0 Å². The molecule has 1 aromatic carbocycles. The number of carbonyl (C=O) groups excluding carboxylic acids is 1. The molecular formula is C18H20F3NO4. The molecule has 5 nitrogen and oxygen atoms in total. The number of methoxy groups -OCH3 is 1. The number of aliphatic hydroxyl groups is 1. The van der Waals surface area contributed by atoms with Gasteiger partial charge in [-0.2, -0.15) is 13.2 Å². The van der Waals surface area contributed by atoms with E-state index in [1.165, 1.54) is 12.1 Å². The Morgan fingerprint density at radius 1 is 1.19 bits per heavy atom. The first kappa shape index (κ1) is 21.6. The average molecular weight is 371 g/mol. The normalized spacial score (nSPS) is 10.7. The Kier molecular flexibility index (Phi) is 8.21. The lowest BCUT2D eigenvalue weighted by Gasteiger charge is -2.13. The number of alkyl halides is 3. The van der Waals surface area contributed by atoms with Crippen molar-refractivity contribution in [3.63, 3.8) is 0 Å². The van der Waals surface area contributed by atoms with E-state index < -0.39 is 11.7 Å². The number of carbonyl (C=O) groups is 1. The van der Waals surface area contributed by atoms with Gasteiger partial charge in [-0.3, -0.25) is 4.79 Å². The SMILES string of the molecule is COC.Cc1ccc(-c2cc(OCCO)cc(C(F)(F)F)c2)nc1C=O. The van der Waals surface area contributed by atoms with Crippen LogP contribution in [0.3, 0.4) is 0 Å². The van der Waals surface area contributed by atoms with Gasteiger partial charge in [0, 0.05) is 19.8 Å². The molecule has 1 aromatic heterocycles. The number of halogens is 3. The van der Waals surface area contributed by atoms with Gasteiger partial charge < -0.3 is 14.6 Å². The number of aryl methyl sites for hydroxylation is 1. The monoisotopic (exact) mass is 371 g/mol. The van der Waals surface area contributed by atoms with Gasteiger partial charge in [0.1, 0.15) is 18.1 Å². The van der Waals surface area contributed by atoms with E-state index >= 15 is 0 Å². The lowest BCUT2D eigenvalue weighted by molar-refractivity contribution is -0.137. The molecule has 0 radical (unpaired) electrons. The molecule has 2 rings (SSSR count). The van der Waals surface area contributed by atoms with Crippen LogP contribution >= 0.6 is 0 Å². The van der Waals surface area contributed by atoms with E-state index in [-0.39, 0.29) is 35.9 Å². The highest BCUT2D eigenvalue weighted by Crippen LogP contribution is 2.35. The molecule has 26 heavy (non-hydrogen) atoms. The second-order valence-corrected chi connectivity index (χ2v) is 5.24. The number of hydrogen-bond donors (Lipinski definition) is 1. The third-order valence-electron chi connectivity index (χ3n) is 3.14. The standard InChI is InChI=1S/C16H14F3NO3.C2H6O/c1-10-2-3-14(20-15(10)9-22)11-6-12(16(17,18)19)8-13(7-11)23-5-4-21;1-3-2/h2-3,6-9,21H,4-5H2,1H3;1-2H3. The summed E-state index contributed by atoms with van der Waals surface area (Å²) in [6.07, 6.45) is -4.00. The van der Waals surface area contributed by atoms with Gasteiger partial charge >= 0.3 is 6.18 Å². The number of nitrogens with zero attached hydrogens (tertiary/aromatic N) is 1. The number of rotatable bonds is 5. The Bertz CT molecular complexity index is 733. The number of benzene rings is 1. The summed E-state index contributed by atoms with van der Waals surface area (Å²) < 4.78 is 48.4. The molecular weight excluding hydrogens is 351 g/mol. The molecule has 0 saturated heterocycles. The highest BCUT2D eigenvalue weighted by atomic mass is 19.4. The molecule has 0 aliphatic heterocycles. The zero-order valence-corrected chi connectivity index (χ0v) is 14.6. The second kappa shape index (κ2) is 9.88. The molecule has 0 saturated carbocycles. The third kappa shape index (κ3) is 6.12. The molecule has 0 spiro atoms. The molecule has 0 aliphatic rings. The first-order valence-corrected chi connectivity index (χ1v) is 7.56. The van der Waals surface area contributed by atoms with Crippen LogP contribution < -0.4 is 4.74 Å². The Morgan fingerprint density at radius 2 is 1.85 bits per heavy atom. The van der Waals surface area contributed by atoms with Crippen molar-refractivity contribution in [1.29, 1.82) is 0 Å². The van der Waals surface area contributed by atoms with Crippen molar-refractivity contribution in [3.8, 4) is 17.0 Å². The van der Waals surface area contributed by atoms with Crippen molar-refractivity contribution in [3.05, 3.63) is 47.2 Å². The molecule has 142 valence electrons. The van der Waals surface area contributed by atoms with Crippen LogP contribution in [0.15, 0.2) is 30.3 Å². The van der Waals surface area contributed by atoms with Crippen molar-refractivity contribution in [2.45, 2.75) is 13.1 Å². The maximum atomic E-state index is 13.0. The number of hydrogen-bond acceptors (Lipinski definition) is 5. The Balaban J connectivity index is 0.00000105. The van der Waals surface area contributed by atoms with Crippen LogP contribution in [0.4, 0.5) is 13.2 Å². The molecule has 0 aliphatic carbocycles. The molecule has 1 N–H and O–H groups in total. The molecule has 0 fully saturated rings. The summed E-state index contributed by atoms with van der Waals surface area (Å²) in [7, 11) is 3.25. The van der Waals surface area contributed by atoms with E-state index in [1.807, 2.05) is 0 Å². The highest BCUT2D eigenvalue weighted by molar-refractivity contribution is 5.76. The van der Waals surface area contributed by atoms with Crippen LogP contribution in [0, 0.1) is 6.92 Å². The third-order valence-corrected chi connectivity index (χ3v) is 3.14. The summed E-state index contributed by atoms with van der Waals surface area (Å²) in [5.74, 6) is -0.0288. The summed E-state index contributed by atoms with van der Waals surface area (Å²) in [5.41, 5.74) is 0.316. The molecule has 1 heterocycles. The van der Waals surface area contributed by atoms with Gasteiger partial charge in [-0.05, 0) is 36.8 Å². The predicted octanol–water partition coefficient (Wildman–Crippen LogP) is 3.52. The predicted molar refractivity (Wildman–Crippen MR) is 90.3 cm³/mol. The smallest absolute Gasteiger partial charge is 0.416 e. The van der Waals surface area contributed by atoms with Gasteiger partial charge in [0.25, 0.3) is 0 Å². The number of ether oxygens (including phenoxy) is 2. The maximum Gasteiger partial charge on any atom is 0.416 e. The van der Waals surface area contributed by atoms with Gasteiger partial charge in [-0.25, -0.2) is 4.98 Å². The largest absolute Gasteiger partial charge is 0.491 e. The van der Waals surface area contributed by atoms with Crippen molar-refractivity contribution < 1.29 is 32.5 Å². The van der Waals surface area contributed by atoms with Crippen molar-refractivity contribution in [2.24, 2.45) is 0 Å². The zero-order chi connectivity index (χ0) is 19.7. The van der Waals surface area contributed by atoms with Crippen LogP contribution in [0.2, 0.25) is 0 Å². The minimum atomic E-state index is -4.55. The van der Waals surface area contributed by atoms with Gasteiger partial charge in [-0.15, -0.1) is 0 Å². The zero-order valence-electron chi connectivity index (χ0n) is 14.6. The maximum absolute atomic E-state index is 13.0. The highest BCUT2D eigenvalue weighted by Gasteiger charge is 2.31. The van der Waals surface area contributed by atoms with Gasteiger partial charge in [0.15, 0.2) is 6.29 Å². The van der Waals surface area contributed by atoms with Crippen molar-refractivity contribution >= 4 is 6.29 Å². The van der Waals surface area contributed by atoms with Crippen molar-refractivity contribution in [2.75, 3.05) is 27.4 Å². The Morgan fingerprint density at radius 3 is 2.38 bits per heavy atom. The first-order chi connectivity index (χ1) is 12.3. The summed E-state index contributed by atoms with van der Waals surface area (Å²) in [6, 6.07) is 6.33. The molecule has 0 unspecified atom stereocenters.